The Morgan fingerprint density at radius 1 is 1.16 bits per heavy atom. The summed E-state index contributed by atoms with van der Waals surface area (Å²) in [7, 11) is 0. The Bertz CT molecular complexity index is 832. The van der Waals surface area contributed by atoms with E-state index in [4.69, 9.17) is 0 Å². The average Bonchev–Trinajstić information content (AvgIpc) is 2.87. The molecule has 128 valence electrons. The summed E-state index contributed by atoms with van der Waals surface area (Å²) >= 11 is 2.64. The van der Waals surface area contributed by atoms with E-state index in [2.05, 4.69) is 5.32 Å². The first-order valence-corrected chi connectivity index (χ1v) is 9.81. The minimum Gasteiger partial charge on any atom is -0.367 e. The van der Waals surface area contributed by atoms with Crippen LogP contribution in [0, 0.1) is 6.92 Å². The first-order valence-electron chi connectivity index (χ1n) is 7.77. The molecule has 1 aliphatic heterocycles. The lowest BCUT2D eigenvalue weighted by Gasteiger charge is -2.14. The van der Waals surface area contributed by atoms with Gasteiger partial charge in [-0.2, -0.15) is 0 Å². The van der Waals surface area contributed by atoms with Crippen LogP contribution in [0.3, 0.4) is 0 Å². The summed E-state index contributed by atoms with van der Waals surface area (Å²) in [5, 5.41) is 2.88. The van der Waals surface area contributed by atoms with Crippen LogP contribution in [0.2, 0.25) is 0 Å². The van der Waals surface area contributed by atoms with Crippen LogP contribution in [-0.4, -0.2) is 29.0 Å². The van der Waals surface area contributed by atoms with Gasteiger partial charge in [-0.1, -0.05) is 24.3 Å². The normalized spacial score (nSPS) is 15.9. The van der Waals surface area contributed by atoms with Crippen LogP contribution < -0.4 is 5.32 Å². The Kier molecular flexibility index (Phi) is 5.50. The number of imide groups is 1. The maximum absolute atomic E-state index is 12.5. The first-order chi connectivity index (χ1) is 12.1. The Morgan fingerprint density at radius 2 is 1.92 bits per heavy atom. The molecule has 6 heteroatoms. The summed E-state index contributed by atoms with van der Waals surface area (Å²) in [5.74, 6) is -0.260. The van der Waals surface area contributed by atoms with Crippen LogP contribution in [0.4, 0.5) is 10.5 Å². The minimum atomic E-state index is -0.260. The Hall–Kier alpha value is -2.18. The molecular weight excluding hydrogens is 352 g/mol. The Morgan fingerprint density at radius 3 is 2.60 bits per heavy atom. The summed E-state index contributed by atoms with van der Waals surface area (Å²) in [4.78, 5) is 27.5. The van der Waals surface area contributed by atoms with Crippen molar-refractivity contribution in [3.8, 4) is 0 Å². The molecule has 2 aromatic rings. The second kappa shape index (κ2) is 7.80. The number of carbonyl (C=O) groups excluding carboxylic acids is 2. The predicted molar refractivity (Wildman–Crippen MR) is 106 cm³/mol. The lowest BCUT2D eigenvalue weighted by atomic mass is 10.2. The molecule has 0 radical (unpaired) electrons. The van der Waals surface area contributed by atoms with Gasteiger partial charge in [-0.3, -0.25) is 14.5 Å². The quantitative estimate of drug-likeness (QED) is 0.604. The molecule has 0 saturated carbocycles. The number of aryl methyl sites for hydroxylation is 1. The summed E-state index contributed by atoms with van der Waals surface area (Å²) in [6.45, 7) is 2.16. The van der Waals surface area contributed by atoms with Crippen LogP contribution in [0.25, 0.3) is 6.08 Å². The van der Waals surface area contributed by atoms with Gasteiger partial charge in [0.25, 0.3) is 11.1 Å². The molecule has 1 saturated heterocycles. The number of hydrogen-bond donors (Lipinski definition) is 1. The highest BCUT2D eigenvalue weighted by molar-refractivity contribution is 8.18. The monoisotopic (exact) mass is 370 g/mol. The zero-order valence-corrected chi connectivity index (χ0v) is 15.6. The predicted octanol–water partition coefficient (Wildman–Crippen LogP) is 4.82. The van der Waals surface area contributed by atoms with Crippen molar-refractivity contribution in [1.29, 1.82) is 0 Å². The van der Waals surface area contributed by atoms with Gasteiger partial charge in [-0.25, -0.2) is 0 Å². The fourth-order valence-electron chi connectivity index (χ4n) is 2.41. The third-order valence-corrected chi connectivity index (χ3v) is 5.40. The number of thioether (sulfide) groups is 2. The van der Waals surface area contributed by atoms with E-state index in [9.17, 15) is 9.59 Å². The number of anilines is 1. The summed E-state index contributed by atoms with van der Waals surface area (Å²) < 4.78 is 0. The van der Waals surface area contributed by atoms with Crippen LogP contribution in [0.1, 0.15) is 11.1 Å². The summed E-state index contributed by atoms with van der Waals surface area (Å²) in [5.41, 5.74) is 2.92. The van der Waals surface area contributed by atoms with Crippen molar-refractivity contribution in [2.45, 2.75) is 11.8 Å². The Balaban J connectivity index is 1.69. The third kappa shape index (κ3) is 4.27. The summed E-state index contributed by atoms with van der Waals surface area (Å²) in [6, 6.07) is 15.7. The zero-order chi connectivity index (χ0) is 17.8. The van der Waals surface area contributed by atoms with Crippen LogP contribution in [-0.2, 0) is 4.79 Å². The van der Waals surface area contributed by atoms with Gasteiger partial charge in [0, 0.05) is 10.6 Å². The van der Waals surface area contributed by atoms with Gasteiger partial charge >= 0.3 is 0 Å². The van der Waals surface area contributed by atoms with Gasteiger partial charge in [-0.15, -0.1) is 11.8 Å². The molecule has 25 heavy (non-hydrogen) atoms. The number of benzene rings is 2. The molecule has 1 fully saturated rings. The fraction of sp³-hybridized carbons (Fsp3) is 0.158. The number of amides is 2. The molecule has 4 nitrogen and oxygen atoms in total. The van der Waals surface area contributed by atoms with Crippen molar-refractivity contribution >= 4 is 46.4 Å². The van der Waals surface area contributed by atoms with E-state index in [1.807, 2.05) is 61.7 Å². The van der Waals surface area contributed by atoms with Crippen molar-refractivity contribution in [2.24, 2.45) is 0 Å². The van der Waals surface area contributed by atoms with E-state index < -0.39 is 0 Å². The van der Waals surface area contributed by atoms with Gasteiger partial charge < -0.3 is 5.32 Å². The van der Waals surface area contributed by atoms with Crippen molar-refractivity contribution in [3.05, 3.63) is 64.6 Å². The van der Waals surface area contributed by atoms with E-state index in [0.29, 0.717) is 4.91 Å². The second-order valence-electron chi connectivity index (χ2n) is 5.59. The third-order valence-electron chi connectivity index (χ3n) is 3.75. The van der Waals surface area contributed by atoms with Crippen molar-refractivity contribution < 1.29 is 9.59 Å². The molecule has 1 N–H and O–H groups in total. The molecule has 0 spiro atoms. The van der Waals surface area contributed by atoms with Gasteiger partial charge in [0.2, 0.25) is 0 Å². The van der Waals surface area contributed by atoms with Gasteiger partial charge in [0.1, 0.15) is 0 Å². The first kappa shape index (κ1) is 17.6. The number of carbonyl (C=O) groups is 2. The molecule has 0 aliphatic carbocycles. The molecule has 2 aromatic carbocycles. The smallest absolute Gasteiger partial charge is 0.295 e. The van der Waals surface area contributed by atoms with Crippen molar-refractivity contribution in [1.82, 2.24) is 4.90 Å². The molecule has 2 amide bonds. The second-order valence-corrected chi connectivity index (χ2v) is 7.46. The molecule has 0 bridgehead atoms. The van der Waals surface area contributed by atoms with Crippen LogP contribution >= 0.6 is 23.5 Å². The highest BCUT2D eigenvalue weighted by atomic mass is 32.2. The topological polar surface area (TPSA) is 49.4 Å². The average molecular weight is 370 g/mol. The standard InChI is InChI=1S/C19H18N2O2S2/c1-13-4-3-5-15(10-13)20-12-21-18(22)17(25-19(21)23)11-14-6-8-16(24-2)9-7-14/h3-11,20H,12H2,1-2H3/b17-11+. The molecule has 0 unspecified atom stereocenters. The lowest BCUT2D eigenvalue weighted by Crippen LogP contribution is -2.33. The number of nitrogens with zero attached hydrogens (tertiary/aromatic N) is 1. The number of nitrogens with one attached hydrogen (secondary N) is 1. The van der Waals surface area contributed by atoms with E-state index in [1.165, 1.54) is 4.90 Å². The van der Waals surface area contributed by atoms with E-state index in [0.717, 1.165) is 33.5 Å². The molecule has 0 atom stereocenters. The SMILES string of the molecule is CSc1ccc(/C=C2/SC(=O)N(CNc3cccc(C)c3)C2=O)cc1. The Labute approximate surface area is 155 Å². The molecular formula is C19H18N2O2S2. The number of hydrogen-bond acceptors (Lipinski definition) is 5. The molecule has 3 rings (SSSR count). The lowest BCUT2D eigenvalue weighted by molar-refractivity contribution is -0.122. The van der Waals surface area contributed by atoms with E-state index in [1.54, 1.807) is 17.8 Å². The van der Waals surface area contributed by atoms with Crippen molar-refractivity contribution in [2.75, 3.05) is 18.2 Å². The highest BCUT2D eigenvalue weighted by Crippen LogP contribution is 2.32. The van der Waals surface area contributed by atoms with Crippen LogP contribution in [0.5, 0.6) is 0 Å². The van der Waals surface area contributed by atoms with Crippen molar-refractivity contribution in [3.63, 3.8) is 0 Å². The molecule has 0 aromatic heterocycles. The maximum Gasteiger partial charge on any atom is 0.295 e. The van der Waals surface area contributed by atoms with E-state index >= 15 is 0 Å². The highest BCUT2D eigenvalue weighted by Gasteiger charge is 2.34. The van der Waals surface area contributed by atoms with Gasteiger partial charge in [-0.05, 0) is 66.4 Å². The maximum atomic E-state index is 12.5. The molecule has 1 aliphatic rings. The van der Waals surface area contributed by atoms with Gasteiger partial charge in [0.05, 0.1) is 11.6 Å². The summed E-state index contributed by atoms with van der Waals surface area (Å²) in [6.07, 6.45) is 3.78. The van der Waals surface area contributed by atoms with Gasteiger partial charge in [0.15, 0.2) is 0 Å². The van der Waals surface area contributed by atoms with Crippen LogP contribution in [0.15, 0.2) is 58.3 Å². The largest absolute Gasteiger partial charge is 0.367 e. The minimum absolute atomic E-state index is 0.164. The van der Waals surface area contributed by atoms with E-state index in [-0.39, 0.29) is 17.8 Å². The number of rotatable bonds is 5. The zero-order valence-electron chi connectivity index (χ0n) is 14.0. The fourth-order valence-corrected chi connectivity index (χ4v) is 3.66. The molecule has 1 heterocycles.